The van der Waals surface area contributed by atoms with Gasteiger partial charge >= 0.3 is 0 Å². The smallest absolute Gasteiger partial charge is 0.232 e. The van der Waals surface area contributed by atoms with Gasteiger partial charge in [-0.15, -0.1) is 0 Å². The molecule has 1 aromatic carbocycles. The number of unbranched alkanes of at least 4 members (excludes halogenated alkanes) is 9. The maximum atomic E-state index is 5.90. The summed E-state index contributed by atoms with van der Waals surface area (Å²) in [6.07, 6.45) is 19.1. The highest BCUT2D eigenvalue weighted by molar-refractivity contribution is 5.59. The molecule has 2 aromatic rings. The molecule has 0 spiro atoms. The van der Waals surface area contributed by atoms with E-state index in [1.54, 1.807) is 12.4 Å². The first-order chi connectivity index (χ1) is 15.7. The van der Waals surface area contributed by atoms with Crippen molar-refractivity contribution in [3.63, 3.8) is 0 Å². The summed E-state index contributed by atoms with van der Waals surface area (Å²) < 4.78 is 11.6. The molecule has 178 valence electrons. The van der Waals surface area contributed by atoms with Gasteiger partial charge in [0.05, 0.1) is 31.3 Å². The Kier molecular flexibility index (Phi) is 13.5. The van der Waals surface area contributed by atoms with E-state index in [0.717, 1.165) is 36.5 Å². The van der Waals surface area contributed by atoms with Crippen molar-refractivity contribution < 1.29 is 9.47 Å². The molecular weight excluding hydrogens is 396 g/mol. The molecule has 0 aliphatic heterocycles. The van der Waals surface area contributed by atoms with E-state index in [2.05, 4.69) is 30.7 Å². The van der Waals surface area contributed by atoms with E-state index in [0.29, 0.717) is 18.4 Å². The second kappa shape index (κ2) is 16.5. The zero-order chi connectivity index (χ0) is 22.9. The van der Waals surface area contributed by atoms with Crippen molar-refractivity contribution in [3.8, 4) is 22.9 Å². The molecule has 0 aliphatic carbocycles. The van der Waals surface area contributed by atoms with Gasteiger partial charge in [0.15, 0.2) is 0 Å². The van der Waals surface area contributed by atoms with Crippen LogP contribution in [0.3, 0.4) is 0 Å². The normalized spacial score (nSPS) is 12.0. The Hall–Kier alpha value is -2.10. The minimum atomic E-state index is 0.591. The fourth-order valence-electron chi connectivity index (χ4n) is 3.61. The van der Waals surface area contributed by atoms with Gasteiger partial charge in [-0.05, 0) is 43.0 Å². The van der Waals surface area contributed by atoms with Crippen molar-refractivity contribution >= 4 is 0 Å². The number of aromatic nitrogens is 2. The first-order valence-corrected chi connectivity index (χ1v) is 12.9. The maximum Gasteiger partial charge on any atom is 0.232 e. The fourth-order valence-corrected chi connectivity index (χ4v) is 3.61. The van der Waals surface area contributed by atoms with Gasteiger partial charge in [-0.25, -0.2) is 9.97 Å². The van der Waals surface area contributed by atoms with Crippen LogP contribution in [0, 0.1) is 5.92 Å². The maximum absolute atomic E-state index is 5.90. The van der Waals surface area contributed by atoms with Crippen LogP contribution in [-0.4, -0.2) is 23.2 Å². The van der Waals surface area contributed by atoms with Gasteiger partial charge in [-0.2, -0.15) is 0 Å². The van der Waals surface area contributed by atoms with Gasteiger partial charge in [-0.3, -0.25) is 0 Å². The van der Waals surface area contributed by atoms with E-state index >= 15 is 0 Å². The summed E-state index contributed by atoms with van der Waals surface area (Å²) in [5.41, 5.74) is 1.88. The molecule has 1 heterocycles. The highest BCUT2D eigenvalue weighted by Crippen LogP contribution is 2.21. The lowest BCUT2D eigenvalue weighted by atomic mass is 10.1. The lowest BCUT2D eigenvalue weighted by Crippen LogP contribution is -2.04. The minimum absolute atomic E-state index is 0.591. The molecule has 0 amide bonds. The fraction of sp³-hybridized carbons (Fsp3) is 0.643. The molecule has 1 atom stereocenters. The SMILES string of the molecule is CCCCCCCCCCCCOc1ccc(-c2cnc(OCC[C@@H](C)CC)cn2)cc1. The summed E-state index contributed by atoms with van der Waals surface area (Å²) in [7, 11) is 0. The molecule has 0 unspecified atom stereocenters. The molecule has 0 radical (unpaired) electrons. The van der Waals surface area contributed by atoms with E-state index in [4.69, 9.17) is 9.47 Å². The molecular formula is C28H44N2O2. The summed E-state index contributed by atoms with van der Waals surface area (Å²) >= 11 is 0. The van der Waals surface area contributed by atoms with E-state index in [9.17, 15) is 0 Å². The van der Waals surface area contributed by atoms with Crippen LogP contribution in [0.2, 0.25) is 0 Å². The Bertz CT molecular complexity index is 700. The number of benzene rings is 1. The Labute approximate surface area is 196 Å². The quantitative estimate of drug-likeness (QED) is 0.219. The molecule has 32 heavy (non-hydrogen) atoms. The predicted octanol–water partition coefficient (Wildman–Crippen LogP) is 8.26. The number of nitrogens with zero attached hydrogens (tertiary/aromatic N) is 2. The molecule has 0 N–H and O–H groups in total. The number of hydrogen-bond donors (Lipinski definition) is 0. The van der Waals surface area contributed by atoms with Gasteiger partial charge < -0.3 is 9.47 Å². The summed E-state index contributed by atoms with van der Waals surface area (Å²) in [4.78, 5) is 8.89. The van der Waals surface area contributed by atoms with Gasteiger partial charge in [0.1, 0.15) is 5.75 Å². The average molecular weight is 441 g/mol. The van der Waals surface area contributed by atoms with Gasteiger partial charge in [0.25, 0.3) is 0 Å². The van der Waals surface area contributed by atoms with Crippen LogP contribution < -0.4 is 9.47 Å². The Morgan fingerprint density at radius 2 is 1.38 bits per heavy atom. The zero-order valence-corrected chi connectivity index (χ0v) is 20.7. The summed E-state index contributed by atoms with van der Waals surface area (Å²) in [5, 5.41) is 0. The van der Waals surface area contributed by atoms with E-state index in [1.807, 2.05) is 24.3 Å². The average Bonchev–Trinajstić information content (AvgIpc) is 2.83. The standard InChI is InChI=1S/C28H44N2O2/c1-4-6-7-8-9-10-11-12-13-14-20-31-26-17-15-25(16-18-26)27-22-30-28(23-29-27)32-21-19-24(3)5-2/h15-18,22-24H,4-14,19-21H2,1-3H3/t24-/m0/s1. The third kappa shape index (κ3) is 11.0. The molecule has 0 aliphatic rings. The summed E-state index contributed by atoms with van der Waals surface area (Å²) in [5.74, 6) is 2.18. The van der Waals surface area contributed by atoms with Crippen molar-refractivity contribution in [2.24, 2.45) is 5.92 Å². The minimum Gasteiger partial charge on any atom is -0.494 e. The number of rotatable bonds is 18. The molecule has 0 saturated heterocycles. The summed E-state index contributed by atoms with van der Waals surface area (Å²) in [6, 6.07) is 8.12. The third-order valence-electron chi connectivity index (χ3n) is 6.10. The Morgan fingerprint density at radius 3 is 1.97 bits per heavy atom. The van der Waals surface area contributed by atoms with Crippen LogP contribution in [0.25, 0.3) is 11.3 Å². The Balaban J connectivity index is 1.59. The zero-order valence-electron chi connectivity index (χ0n) is 20.7. The topological polar surface area (TPSA) is 44.2 Å². The van der Waals surface area contributed by atoms with Crippen molar-refractivity contribution in [1.29, 1.82) is 0 Å². The van der Waals surface area contributed by atoms with Gasteiger partial charge in [-0.1, -0.05) is 85.0 Å². The molecule has 0 saturated carbocycles. The van der Waals surface area contributed by atoms with Crippen LogP contribution in [-0.2, 0) is 0 Å². The highest BCUT2D eigenvalue weighted by atomic mass is 16.5. The van der Waals surface area contributed by atoms with Crippen LogP contribution in [0.1, 0.15) is 97.8 Å². The van der Waals surface area contributed by atoms with Crippen LogP contribution in [0.4, 0.5) is 0 Å². The second-order valence-electron chi connectivity index (χ2n) is 8.95. The summed E-state index contributed by atoms with van der Waals surface area (Å²) in [6.45, 7) is 8.19. The van der Waals surface area contributed by atoms with Crippen molar-refractivity contribution in [2.75, 3.05) is 13.2 Å². The van der Waals surface area contributed by atoms with Gasteiger partial charge in [0, 0.05) is 5.56 Å². The molecule has 4 heteroatoms. The van der Waals surface area contributed by atoms with Crippen molar-refractivity contribution in [1.82, 2.24) is 9.97 Å². The lowest BCUT2D eigenvalue weighted by Gasteiger charge is -2.10. The first-order valence-electron chi connectivity index (χ1n) is 12.9. The molecule has 2 rings (SSSR count). The van der Waals surface area contributed by atoms with Crippen LogP contribution in [0.15, 0.2) is 36.7 Å². The lowest BCUT2D eigenvalue weighted by molar-refractivity contribution is 0.271. The van der Waals surface area contributed by atoms with Crippen LogP contribution >= 0.6 is 0 Å². The van der Waals surface area contributed by atoms with Crippen molar-refractivity contribution in [3.05, 3.63) is 36.7 Å². The monoisotopic (exact) mass is 440 g/mol. The van der Waals surface area contributed by atoms with E-state index < -0.39 is 0 Å². The van der Waals surface area contributed by atoms with E-state index in [-0.39, 0.29) is 0 Å². The van der Waals surface area contributed by atoms with Crippen LogP contribution in [0.5, 0.6) is 11.6 Å². The number of ether oxygens (including phenoxy) is 2. The van der Waals surface area contributed by atoms with E-state index in [1.165, 1.54) is 64.2 Å². The van der Waals surface area contributed by atoms with Crippen molar-refractivity contribution in [2.45, 2.75) is 97.8 Å². The first kappa shape index (κ1) is 26.2. The largest absolute Gasteiger partial charge is 0.494 e. The third-order valence-corrected chi connectivity index (χ3v) is 6.10. The Morgan fingerprint density at radius 1 is 0.719 bits per heavy atom. The molecule has 0 fully saturated rings. The molecule has 4 nitrogen and oxygen atoms in total. The number of hydrogen-bond acceptors (Lipinski definition) is 4. The van der Waals surface area contributed by atoms with Gasteiger partial charge in [0.2, 0.25) is 5.88 Å². The predicted molar refractivity (Wildman–Crippen MR) is 134 cm³/mol. The second-order valence-corrected chi connectivity index (χ2v) is 8.95. The highest BCUT2D eigenvalue weighted by Gasteiger charge is 2.04. The molecule has 0 bridgehead atoms. The molecule has 1 aromatic heterocycles.